The van der Waals surface area contributed by atoms with Gasteiger partial charge in [0.15, 0.2) is 0 Å². The Labute approximate surface area is 328 Å². The van der Waals surface area contributed by atoms with E-state index in [4.69, 9.17) is 19.2 Å². The number of carbonyl (C=O) groups is 3. The lowest BCUT2D eigenvalue weighted by molar-refractivity contribution is -0.142. The number of hydrogen-bond donors (Lipinski definition) is 1. The van der Waals surface area contributed by atoms with E-state index in [9.17, 15) is 19.1 Å². The van der Waals surface area contributed by atoms with Gasteiger partial charge in [-0.05, 0) is 61.9 Å². The zero-order chi connectivity index (χ0) is 40.3. The van der Waals surface area contributed by atoms with E-state index in [1.807, 2.05) is 60.7 Å². The van der Waals surface area contributed by atoms with Crippen molar-refractivity contribution in [3.8, 4) is 11.3 Å². The minimum absolute atomic E-state index is 0.00493. The first-order valence-electron chi connectivity index (χ1n) is 19.1. The second kappa shape index (κ2) is 17.0. The summed E-state index contributed by atoms with van der Waals surface area (Å²) in [6.45, 7) is 3.21. The van der Waals surface area contributed by atoms with E-state index >= 15 is 13.6 Å². The van der Waals surface area contributed by atoms with Gasteiger partial charge in [-0.3, -0.25) is 9.69 Å². The fraction of sp³-hybridized carbons (Fsp3) is 0.429. The second-order valence-electron chi connectivity index (χ2n) is 15.3. The molecule has 2 unspecified atom stereocenters. The van der Waals surface area contributed by atoms with Crippen molar-refractivity contribution < 1.29 is 46.9 Å². The Bertz CT molecular complexity index is 2050. The summed E-state index contributed by atoms with van der Waals surface area (Å²) in [5.74, 6) is -2.90. The summed E-state index contributed by atoms with van der Waals surface area (Å²) in [5.41, 5.74) is 0.311. The van der Waals surface area contributed by atoms with Crippen molar-refractivity contribution >= 4 is 18.1 Å². The van der Waals surface area contributed by atoms with Crippen LogP contribution in [0.4, 0.5) is 22.8 Å². The number of alkyl halides is 1. The molecule has 4 heterocycles. The highest BCUT2D eigenvalue weighted by molar-refractivity contribution is 5.87. The maximum absolute atomic E-state index is 16.2. The zero-order valence-electron chi connectivity index (χ0n) is 31.8. The molecule has 7 rings (SSSR count). The van der Waals surface area contributed by atoms with Gasteiger partial charge >= 0.3 is 12.2 Å². The smallest absolute Gasteiger partial charge is 0.410 e. The van der Waals surface area contributed by atoms with E-state index in [0.717, 1.165) is 34.2 Å². The molecule has 57 heavy (non-hydrogen) atoms. The number of nitrogens with zero attached hydrogens (tertiary/aromatic N) is 5. The molecule has 0 bridgehead atoms. The Balaban J connectivity index is 1.31. The van der Waals surface area contributed by atoms with Gasteiger partial charge in [0.25, 0.3) is 0 Å². The molecule has 0 saturated carbocycles. The summed E-state index contributed by atoms with van der Waals surface area (Å²) in [5, 5.41) is 10.4. The highest BCUT2D eigenvalue weighted by Gasteiger charge is 2.51. The minimum Gasteiger partial charge on any atom is -0.465 e. The molecule has 3 amide bonds. The van der Waals surface area contributed by atoms with Crippen LogP contribution in [0.15, 0.2) is 85.1 Å². The van der Waals surface area contributed by atoms with Crippen LogP contribution in [0.3, 0.4) is 0 Å². The van der Waals surface area contributed by atoms with Gasteiger partial charge < -0.3 is 33.7 Å². The van der Waals surface area contributed by atoms with E-state index < -0.39 is 59.6 Å². The average Bonchev–Trinajstić information content (AvgIpc) is 3.89. The summed E-state index contributed by atoms with van der Waals surface area (Å²) >= 11 is 0. The van der Waals surface area contributed by atoms with Crippen LogP contribution >= 0.6 is 0 Å². The van der Waals surface area contributed by atoms with Crippen LogP contribution < -0.4 is 0 Å². The third-order valence-corrected chi connectivity index (χ3v) is 11.0. The number of carboxylic acid groups (broad SMARTS) is 1. The first-order valence-corrected chi connectivity index (χ1v) is 19.1. The number of halogens is 3. The largest absolute Gasteiger partial charge is 0.465 e. The summed E-state index contributed by atoms with van der Waals surface area (Å²) in [4.78, 5) is 49.7. The lowest BCUT2D eigenvalue weighted by atomic mass is 9.88. The summed E-state index contributed by atoms with van der Waals surface area (Å²) in [6, 6.07) is 19.4. The van der Waals surface area contributed by atoms with Crippen LogP contribution in [0.25, 0.3) is 11.3 Å². The van der Waals surface area contributed by atoms with Crippen LogP contribution in [0.1, 0.15) is 49.7 Å². The number of hydrogen-bond acceptors (Lipinski definition) is 7. The summed E-state index contributed by atoms with van der Waals surface area (Å²) in [6.07, 6.45) is -1.10. The topological polar surface area (TPSA) is 127 Å². The number of rotatable bonds is 11. The van der Waals surface area contributed by atoms with Gasteiger partial charge in [-0.2, -0.15) is 0 Å². The van der Waals surface area contributed by atoms with Gasteiger partial charge in [0.05, 0.1) is 24.9 Å². The molecule has 0 spiro atoms. The average molecular weight is 790 g/mol. The normalized spacial score (nSPS) is 21.4. The van der Waals surface area contributed by atoms with Gasteiger partial charge in [0.1, 0.15) is 42.0 Å². The van der Waals surface area contributed by atoms with Gasteiger partial charge in [-0.15, -0.1) is 0 Å². The molecular formula is C42H46F3N5O7. The third kappa shape index (κ3) is 8.79. The molecule has 1 aromatic heterocycles. The van der Waals surface area contributed by atoms with Crippen molar-refractivity contribution in [3.63, 3.8) is 0 Å². The number of imidazole rings is 1. The number of aromatic nitrogens is 2. The van der Waals surface area contributed by atoms with E-state index in [1.165, 1.54) is 9.80 Å². The van der Waals surface area contributed by atoms with Gasteiger partial charge in [0, 0.05) is 50.5 Å². The molecule has 0 radical (unpaired) electrons. The minimum atomic E-state index is -1.56. The molecule has 0 aliphatic carbocycles. The Kier molecular flexibility index (Phi) is 11.9. The molecule has 1 N–H and O–H groups in total. The summed E-state index contributed by atoms with van der Waals surface area (Å²) < 4.78 is 65.1. The molecule has 3 aliphatic heterocycles. The second-order valence-corrected chi connectivity index (χ2v) is 15.3. The SMILES string of the molecule is CC1(C)OCC(C(=O)N(C[C@@H]2CN(C(=O)OCc3ccccc3)C[C@@H]2F)C(c2nc(-c3cc(F)ccc3F)cn2Cc2ccccc2)C2CCOCC2)N1C(=O)O. The Morgan fingerprint density at radius 3 is 2.35 bits per heavy atom. The predicted octanol–water partition coefficient (Wildman–Crippen LogP) is 6.89. The summed E-state index contributed by atoms with van der Waals surface area (Å²) in [7, 11) is 0. The lowest BCUT2D eigenvalue weighted by Crippen LogP contribution is -2.56. The molecule has 3 aliphatic rings. The van der Waals surface area contributed by atoms with Crippen LogP contribution in [-0.2, 0) is 32.2 Å². The molecule has 12 nitrogen and oxygen atoms in total. The van der Waals surface area contributed by atoms with Gasteiger partial charge in [-0.1, -0.05) is 60.7 Å². The van der Waals surface area contributed by atoms with E-state index in [0.29, 0.717) is 31.9 Å². The first kappa shape index (κ1) is 39.8. The fourth-order valence-corrected chi connectivity index (χ4v) is 8.13. The number of likely N-dealkylation sites (tertiary alicyclic amines) is 1. The molecule has 3 saturated heterocycles. The number of carbonyl (C=O) groups excluding carboxylic acids is 2. The van der Waals surface area contributed by atoms with Crippen molar-refractivity contribution in [2.75, 3.05) is 39.5 Å². The van der Waals surface area contributed by atoms with Crippen LogP contribution in [0.2, 0.25) is 0 Å². The fourth-order valence-electron chi connectivity index (χ4n) is 8.13. The van der Waals surface area contributed by atoms with Crippen LogP contribution in [0.5, 0.6) is 0 Å². The van der Waals surface area contributed by atoms with Gasteiger partial charge in [0.2, 0.25) is 5.91 Å². The van der Waals surface area contributed by atoms with Gasteiger partial charge in [-0.25, -0.2) is 27.7 Å². The Hall–Kier alpha value is -5.41. The van der Waals surface area contributed by atoms with Crippen LogP contribution in [-0.4, -0.2) is 105 Å². The molecular weight excluding hydrogens is 743 g/mol. The van der Waals surface area contributed by atoms with E-state index in [2.05, 4.69) is 0 Å². The highest BCUT2D eigenvalue weighted by Crippen LogP contribution is 2.40. The van der Waals surface area contributed by atoms with Crippen molar-refractivity contribution in [2.24, 2.45) is 11.8 Å². The zero-order valence-corrected chi connectivity index (χ0v) is 31.8. The Morgan fingerprint density at radius 1 is 0.982 bits per heavy atom. The van der Waals surface area contributed by atoms with Crippen molar-refractivity contribution in [1.82, 2.24) is 24.3 Å². The quantitative estimate of drug-likeness (QED) is 0.174. The molecule has 4 aromatic rings. The molecule has 15 heteroatoms. The van der Waals surface area contributed by atoms with Crippen LogP contribution in [0, 0.1) is 23.5 Å². The number of ether oxygens (including phenoxy) is 3. The molecule has 3 fully saturated rings. The third-order valence-electron chi connectivity index (χ3n) is 11.0. The number of benzene rings is 3. The monoisotopic (exact) mass is 789 g/mol. The number of amides is 3. The maximum atomic E-state index is 16.2. The first-order chi connectivity index (χ1) is 27.4. The predicted molar refractivity (Wildman–Crippen MR) is 201 cm³/mol. The van der Waals surface area contributed by atoms with Crippen molar-refractivity contribution in [3.05, 3.63) is 114 Å². The Morgan fingerprint density at radius 2 is 1.67 bits per heavy atom. The standard InChI is InChI=1S/C42H46F3N5O7/c1-42(2)50(40(52)53)36(26-57-42)39(51)49(22-30-21-48(23-34(30)45)41(54)56-25-28-11-7-4-8-12-28)37(29-15-17-55-18-16-29)38-46-35(32-19-31(43)13-14-33(32)44)24-47(38)20-27-9-5-3-6-10-27/h3-14,19,24,29-30,34,36-37H,15-18,20-23,25-26H2,1-2H3,(H,52,53)/t30-,34-,36?,37?/m0/s1. The van der Waals surface area contributed by atoms with E-state index in [1.54, 1.807) is 24.6 Å². The molecule has 3 aromatic carbocycles. The maximum Gasteiger partial charge on any atom is 0.410 e. The molecule has 302 valence electrons. The highest BCUT2D eigenvalue weighted by atomic mass is 19.1. The van der Waals surface area contributed by atoms with Crippen molar-refractivity contribution in [2.45, 2.75) is 63.8 Å². The van der Waals surface area contributed by atoms with E-state index in [-0.39, 0.29) is 56.6 Å². The lowest BCUT2D eigenvalue weighted by Gasteiger charge is -2.42. The molecule has 4 atom stereocenters. The van der Waals surface area contributed by atoms with Crippen molar-refractivity contribution in [1.29, 1.82) is 0 Å².